The van der Waals surface area contributed by atoms with Crippen molar-refractivity contribution in [3.05, 3.63) is 87.7 Å². The van der Waals surface area contributed by atoms with Crippen molar-refractivity contribution in [1.29, 1.82) is 0 Å². The first kappa shape index (κ1) is 22.8. The molecule has 0 spiro atoms. The third kappa shape index (κ3) is 5.18. The smallest absolute Gasteiger partial charge is 0.416 e. The fourth-order valence-electron chi connectivity index (χ4n) is 4.20. The van der Waals surface area contributed by atoms with Gasteiger partial charge in [0, 0.05) is 12.2 Å². The second-order valence-corrected chi connectivity index (χ2v) is 8.34. The van der Waals surface area contributed by atoms with Crippen molar-refractivity contribution in [3.63, 3.8) is 0 Å². The number of nitrogens with zero attached hydrogens (tertiary/aromatic N) is 1. The predicted octanol–water partition coefficient (Wildman–Crippen LogP) is 5.97. The zero-order valence-corrected chi connectivity index (χ0v) is 18.6. The summed E-state index contributed by atoms with van der Waals surface area (Å²) in [6.45, 7) is 4.51. The van der Waals surface area contributed by atoms with Crippen molar-refractivity contribution >= 4 is 5.91 Å². The molecule has 1 aliphatic carbocycles. The zero-order chi connectivity index (χ0) is 23.6. The molecule has 1 heterocycles. The largest absolute Gasteiger partial charge is 0.455 e. The number of fused-ring (bicyclic) bond motifs is 1. The van der Waals surface area contributed by atoms with E-state index in [1.54, 1.807) is 0 Å². The van der Waals surface area contributed by atoms with Crippen LogP contribution in [0.25, 0.3) is 0 Å². The van der Waals surface area contributed by atoms with Crippen LogP contribution in [0.3, 0.4) is 0 Å². The van der Waals surface area contributed by atoms with Crippen molar-refractivity contribution < 1.29 is 22.7 Å². The fourth-order valence-corrected chi connectivity index (χ4v) is 4.20. The molecular formula is C26H25F3N2O2. The van der Waals surface area contributed by atoms with Gasteiger partial charge in [-0.3, -0.25) is 9.78 Å². The lowest BCUT2D eigenvalue weighted by Crippen LogP contribution is -2.27. The summed E-state index contributed by atoms with van der Waals surface area (Å²) in [5.41, 5.74) is 4.70. The Labute approximate surface area is 190 Å². The number of carbonyl (C=O) groups is 1. The van der Waals surface area contributed by atoms with Crippen LogP contribution in [-0.4, -0.2) is 17.4 Å². The Morgan fingerprint density at radius 1 is 1.12 bits per heavy atom. The number of alkyl halides is 3. The number of ether oxygens (including phenoxy) is 1. The monoisotopic (exact) mass is 454 g/mol. The van der Waals surface area contributed by atoms with Crippen LogP contribution in [0.2, 0.25) is 0 Å². The quantitative estimate of drug-likeness (QED) is 0.499. The van der Waals surface area contributed by atoms with E-state index in [2.05, 4.69) is 22.4 Å². The van der Waals surface area contributed by atoms with Crippen molar-refractivity contribution in [3.8, 4) is 11.5 Å². The van der Waals surface area contributed by atoms with Gasteiger partial charge in [0.05, 0.1) is 17.3 Å². The first-order valence-electron chi connectivity index (χ1n) is 10.9. The van der Waals surface area contributed by atoms with Gasteiger partial charge in [0.2, 0.25) is 0 Å². The Bertz CT molecular complexity index is 1190. The molecule has 3 aromatic rings. The van der Waals surface area contributed by atoms with Crippen molar-refractivity contribution in [1.82, 2.24) is 10.3 Å². The summed E-state index contributed by atoms with van der Waals surface area (Å²) in [5, 5.41) is 2.95. The minimum absolute atomic E-state index is 0.00824. The molecule has 4 rings (SSSR count). The molecule has 172 valence electrons. The highest BCUT2D eigenvalue weighted by Gasteiger charge is 2.31. The summed E-state index contributed by atoms with van der Waals surface area (Å²) >= 11 is 0. The van der Waals surface area contributed by atoms with Crippen LogP contribution >= 0.6 is 0 Å². The third-order valence-electron chi connectivity index (χ3n) is 5.87. The molecule has 7 heteroatoms. The molecule has 0 atom stereocenters. The van der Waals surface area contributed by atoms with Gasteiger partial charge in [0.15, 0.2) is 5.75 Å². The van der Waals surface area contributed by atoms with Gasteiger partial charge in [-0.25, -0.2) is 0 Å². The normalized spacial score (nSPS) is 13.0. The lowest BCUT2D eigenvalue weighted by Gasteiger charge is -2.16. The van der Waals surface area contributed by atoms with E-state index in [-0.39, 0.29) is 17.4 Å². The lowest BCUT2D eigenvalue weighted by molar-refractivity contribution is -0.137. The third-order valence-corrected chi connectivity index (χ3v) is 5.87. The van der Waals surface area contributed by atoms with Crippen LogP contribution in [0, 0.1) is 13.8 Å². The summed E-state index contributed by atoms with van der Waals surface area (Å²) in [5.74, 6) is -0.129. The zero-order valence-electron chi connectivity index (χ0n) is 18.6. The fraction of sp³-hybridized carbons (Fsp3) is 0.308. The first-order chi connectivity index (χ1) is 15.7. The van der Waals surface area contributed by atoms with E-state index in [9.17, 15) is 18.0 Å². The average Bonchev–Trinajstić information content (AvgIpc) is 3.23. The molecule has 2 aromatic carbocycles. The van der Waals surface area contributed by atoms with Crippen LogP contribution in [0.15, 0.2) is 48.7 Å². The standard InChI is InChI=1S/C26H25F3N2O2/c1-16-9-10-18(17(2)13-16)11-12-30-25(32)24-21-7-4-8-22(21)31-15-23(24)33-20-6-3-5-19(14-20)26(27,28)29/h3,5-6,9-10,13-15H,4,7-8,11-12H2,1-2H3,(H,30,32). The molecule has 1 amide bonds. The number of nitrogens with one attached hydrogen (secondary N) is 1. The van der Waals surface area contributed by atoms with Gasteiger partial charge in [-0.05, 0) is 74.4 Å². The van der Waals surface area contributed by atoms with Gasteiger partial charge < -0.3 is 10.1 Å². The van der Waals surface area contributed by atoms with Crippen LogP contribution in [0.4, 0.5) is 13.2 Å². The molecule has 0 bridgehead atoms. The van der Waals surface area contributed by atoms with Crippen molar-refractivity contribution in [2.24, 2.45) is 0 Å². The number of benzene rings is 2. The molecule has 0 aliphatic heterocycles. The van der Waals surface area contributed by atoms with Gasteiger partial charge >= 0.3 is 6.18 Å². The molecule has 0 unspecified atom stereocenters. The summed E-state index contributed by atoms with van der Waals surface area (Å²) in [7, 11) is 0. The Kier molecular flexibility index (Phi) is 6.40. The molecule has 0 saturated carbocycles. The van der Waals surface area contributed by atoms with Gasteiger partial charge in [0.1, 0.15) is 5.75 Å². The summed E-state index contributed by atoms with van der Waals surface area (Å²) in [6.07, 6.45) is -0.0512. The van der Waals surface area contributed by atoms with E-state index in [1.807, 2.05) is 19.9 Å². The Hall–Kier alpha value is -3.35. The predicted molar refractivity (Wildman–Crippen MR) is 120 cm³/mol. The number of hydrogen-bond acceptors (Lipinski definition) is 3. The number of halogens is 3. The first-order valence-corrected chi connectivity index (χ1v) is 10.9. The molecule has 33 heavy (non-hydrogen) atoms. The van der Waals surface area contributed by atoms with Gasteiger partial charge in [-0.2, -0.15) is 13.2 Å². The molecule has 4 nitrogen and oxygen atoms in total. The van der Waals surface area contributed by atoms with Crippen LogP contribution < -0.4 is 10.1 Å². The lowest BCUT2D eigenvalue weighted by atomic mass is 10.0. The highest BCUT2D eigenvalue weighted by molar-refractivity contribution is 5.98. The average molecular weight is 454 g/mol. The minimum atomic E-state index is -4.48. The minimum Gasteiger partial charge on any atom is -0.455 e. The van der Waals surface area contributed by atoms with E-state index in [4.69, 9.17) is 4.74 Å². The molecular weight excluding hydrogens is 429 g/mol. The van der Waals surface area contributed by atoms with Crippen molar-refractivity contribution in [2.75, 3.05) is 6.54 Å². The number of amides is 1. The number of aromatic nitrogens is 1. The highest BCUT2D eigenvalue weighted by atomic mass is 19.4. The summed E-state index contributed by atoms with van der Waals surface area (Å²) < 4.78 is 45.0. The van der Waals surface area contributed by atoms with Gasteiger partial charge in [-0.1, -0.05) is 29.8 Å². The number of aryl methyl sites for hydroxylation is 3. The highest BCUT2D eigenvalue weighted by Crippen LogP contribution is 2.35. The summed E-state index contributed by atoms with van der Waals surface area (Å²) in [4.78, 5) is 17.6. The molecule has 1 N–H and O–H groups in total. The number of hydrogen-bond donors (Lipinski definition) is 1. The molecule has 0 saturated heterocycles. The molecule has 0 radical (unpaired) electrons. The van der Waals surface area contributed by atoms with Crippen molar-refractivity contribution in [2.45, 2.75) is 45.7 Å². The van der Waals surface area contributed by atoms with Crippen LogP contribution in [-0.2, 0) is 25.4 Å². The number of pyridine rings is 1. The van der Waals surface area contributed by atoms with E-state index in [1.165, 1.54) is 29.5 Å². The van der Waals surface area contributed by atoms with Crippen LogP contribution in [0.1, 0.15) is 50.3 Å². The molecule has 1 aromatic heterocycles. The Morgan fingerprint density at radius 3 is 2.70 bits per heavy atom. The van der Waals surface area contributed by atoms with E-state index in [0.29, 0.717) is 24.9 Å². The topological polar surface area (TPSA) is 51.2 Å². The second kappa shape index (κ2) is 9.25. The Morgan fingerprint density at radius 2 is 1.94 bits per heavy atom. The second-order valence-electron chi connectivity index (χ2n) is 8.34. The van der Waals surface area contributed by atoms with E-state index in [0.717, 1.165) is 41.8 Å². The van der Waals surface area contributed by atoms with Crippen LogP contribution in [0.5, 0.6) is 11.5 Å². The van der Waals surface area contributed by atoms with Gasteiger partial charge in [0.25, 0.3) is 5.91 Å². The van der Waals surface area contributed by atoms with E-state index < -0.39 is 11.7 Å². The molecule has 0 fully saturated rings. The SMILES string of the molecule is Cc1ccc(CCNC(=O)c2c(Oc3cccc(C(F)(F)F)c3)cnc3c2CCC3)c(C)c1. The maximum atomic E-state index is 13.2. The maximum absolute atomic E-state index is 13.2. The number of carbonyl (C=O) groups excluding carboxylic acids is 1. The Balaban J connectivity index is 1.56. The number of rotatable bonds is 6. The maximum Gasteiger partial charge on any atom is 0.416 e. The summed E-state index contributed by atoms with van der Waals surface area (Å²) in [6, 6.07) is 10.8. The van der Waals surface area contributed by atoms with E-state index >= 15 is 0 Å². The molecule has 1 aliphatic rings. The van der Waals surface area contributed by atoms with Gasteiger partial charge in [-0.15, -0.1) is 0 Å².